The highest BCUT2D eigenvalue weighted by Crippen LogP contribution is 2.23. The highest BCUT2D eigenvalue weighted by Gasteiger charge is 2.11. The maximum atomic E-state index is 11.7. The molecule has 0 aliphatic rings. The molecule has 4 nitrogen and oxygen atoms in total. The SMILES string of the molecule is CCOC(=O)c1cc(SCCN(C)C)ccc1N. The van der Waals surface area contributed by atoms with Gasteiger partial charge in [0.15, 0.2) is 0 Å². The Balaban J connectivity index is 2.71. The maximum Gasteiger partial charge on any atom is 0.340 e. The third kappa shape index (κ3) is 4.58. The number of hydrogen-bond acceptors (Lipinski definition) is 5. The minimum atomic E-state index is -0.356. The lowest BCUT2D eigenvalue weighted by atomic mass is 10.2. The van der Waals surface area contributed by atoms with Crippen molar-refractivity contribution >= 4 is 23.4 Å². The Bertz CT molecular complexity index is 408. The van der Waals surface area contributed by atoms with Gasteiger partial charge in [0.1, 0.15) is 0 Å². The van der Waals surface area contributed by atoms with E-state index in [9.17, 15) is 4.79 Å². The van der Waals surface area contributed by atoms with E-state index in [1.807, 2.05) is 20.2 Å². The summed E-state index contributed by atoms with van der Waals surface area (Å²) in [5, 5.41) is 0. The van der Waals surface area contributed by atoms with Crippen LogP contribution < -0.4 is 5.73 Å². The molecule has 0 atom stereocenters. The van der Waals surface area contributed by atoms with Crippen LogP contribution in [0.2, 0.25) is 0 Å². The number of esters is 1. The second-order valence-electron chi connectivity index (χ2n) is 4.12. The highest BCUT2D eigenvalue weighted by atomic mass is 32.2. The molecule has 0 amide bonds. The summed E-state index contributed by atoms with van der Waals surface area (Å²) in [5.41, 5.74) is 6.69. The Morgan fingerprint density at radius 1 is 1.44 bits per heavy atom. The third-order valence-electron chi connectivity index (χ3n) is 2.33. The van der Waals surface area contributed by atoms with Crippen LogP contribution in [0.25, 0.3) is 0 Å². The molecule has 0 aliphatic heterocycles. The van der Waals surface area contributed by atoms with E-state index >= 15 is 0 Å². The minimum Gasteiger partial charge on any atom is -0.462 e. The van der Waals surface area contributed by atoms with Crippen molar-refractivity contribution in [1.82, 2.24) is 4.90 Å². The predicted octanol–water partition coefficient (Wildman–Crippen LogP) is 2.10. The van der Waals surface area contributed by atoms with Gasteiger partial charge in [-0.3, -0.25) is 0 Å². The van der Waals surface area contributed by atoms with E-state index < -0.39 is 0 Å². The molecule has 0 saturated heterocycles. The Labute approximate surface area is 112 Å². The van der Waals surface area contributed by atoms with Crippen LogP contribution in [0, 0.1) is 0 Å². The van der Waals surface area contributed by atoms with Crippen LogP contribution in [0.3, 0.4) is 0 Å². The van der Waals surface area contributed by atoms with Crippen molar-refractivity contribution in [3.8, 4) is 0 Å². The number of thioether (sulfide) groups is 1. The predicted molar refractivity (Wildman–Crippen MR) is 76.1 cm³/mol. The number of carbonyl (C=O) groups is 1. The molecule has 0 fully saturated rings. The van der Waals surface area contributed by atoms with Crippen molar-refractivity contribution in [3.63, 3.8) is 0 Å². The van der Waals surface area contributed by atoms with Gasteiger partial charge in [-0.15, -0.1) is 11.8 Å². The summed E-state index contributed by atoms with van der Waals surface area (Å²) < 4.78 is 4.97. The fraction of sp³-hybridized carbons (Fsp3) is 0.462. The van der Waals surface area contributed by atoms with Crippen LogP contribution in [0.1, 0.15) is 17.3 Å². The van der Waals surface area contributed by atoms with Gasteiger partial charge in [0.25, 0.3) is 0 Å². The fourth-order valence-corrected chi connectivity index (χ4v) is 2.41. The topological polar surface area (TPSA) is 55.6 Å². The number of benzene rings is 1. The van der Waals surface area contributed by atoms with Crippen LogP contribution >= 0.6 is 11.8 Å². The van der Waals surface area contributed by atoms with E-state index in [2.05, 4.69) is 4.90 Å². The fourth-order valence-electron chi connectivity index (χ4n) is 1.36. The zero-order valence-electron chi connectivity index (χ0n) is 11.1. The van der Waals surface area contributed by atoms with Gasteiger partial charge in [0.05, 0.1) is 12.2 Å². The quantitative estimate of drug-likeness (QED) is 0.486. The van der Waals surface area contributed by atoms with Crippen molar-refractivity contribution in [2.45, 2.75) is 11.8 Å². The van der Waals surface area contributed by atoms with Crippen LogP contribution in [-0.4, -0.2) is 43.9 Å². The second kappa shape index (κ2) is 7.28. The molecule has 18 heavy (non-hydrogen) atoms. The molecular weight excluding hydrogens is 248 g/mol. The number of nitrogen functional groups attached to an aromatic ring is 1. The molecule has 0 spiro atoms. The van der Waals surface area contributed by atoms with E-state index in [0.717, 1.165) is 17.2 Å². The summed E-state index contributed by atoms with van der Waals surface area (Å²) >= 11 is 1.70. The van der Waals surface area contributed by atoms with Crippen LogP contribution in [0.4, 0.5) is 5.69 Å². The summed E-state index contributed by atoms with van der Waals surface area (Å²) in [6.07, 6.45) is 0. The second-order valence-corrected chi connectivity index (χ2v) is 5.29. The number of rotatable bonds is 6. The first-order valence-electron chi connectivity index (χ1n) is 5.88. The lowest BCUT2D eigenvalue weighted by molar-refractivity contribution is 0.0527. The summed E-state index contributed by atoms with van der Waals surface area (Å²) in [4.78, 5) is 14.8. The summed E-state index contributed by atoms with van der Waals surface area (Å²) in [5.74, 6) is 0.615. The Morgan fingerprint density at radius 3 is 2.78 bits per heavy atom. The van der Waals surface area contributed by atoms with Gasteiger partial charge < -0.3 is 15.4 Å². The molecule has 100 valence electrons. The zero-order valence-corrected chi connectivity index (χ0v) is 11.9. The van der Waals surface area contributed by atoms with E-state index in [-0.39, 0.29) is 5.97 Å². The number of carbonyl (C=O) groups excluding carboxylic acids is 1. The molecule has 0 aromatic heterocycles. The Morgan fingerprint density at radius 2 is 2.17 bits per heavy atom. The molecular formula is C13H20N2O2S. The molecule has 0 aliphatic carbocycles. The molecule has 0 heterocycles. The van der Waals surface area contributed by atoms with E-state index in [0.29, 0.717) is 17.9 Å². The van der Waals surface area contributed by atoms with Gasteiger partial charge >= 0.3 is 5.97 Å². The number of hydrogen-bond donors (Lipinski definition) is 1. The average Bonchev–Trinajstić information content (AvgIpc) is 2.31. The molecule has 1 rings (SSSR count). The normalized spacial score (nSPS) is 10.7. The summed E-state index contributed by atoms with van der Waals surface area (Å²) in [7, 11) is 4.07. The third-order valence-corrected chi connectivity index (χ3v) is 3.30. The standard InChI is InChI=1S/C13H20N2O2S/c1-4-17-13(16)11-9-10(5-6-12(11)14)18-8-7-15(2)3/h5-6,9H,4,7-8,14H2,1-3H3. The van der Waals surface area contributed by atoms with Gasteiger partial charge in [-0.05, 0) is 39.2 Å². The van der Waals surface area contributed by atoms with Gasteiger partial charge in [-0.2, -0.15) is 0 Å². The van der Waals surface area contributed by atoms with Crippen molar-refractivity contribution in [1.29, 1.82) is 0 Å². The van der Waals surface area contributed by atoms with E-state index in [4.69, 9.17) is 10.5 Å². The number of anilines is 1. The molecule has 0 radical (unpaired) electrons. The largest absolute Gasteiger partial charge is 0.462 e. The number of ether oxygens (including phenoxy) is 1. The van der Waals surface area contributed by atoms with Gasteiger partial charge in [-0.25, -0.2) is 4.79 Å². The van der Waals surface area contributed by atoms with Crippen molar-refractivity contribution < 1.29 is 9.53 Å². The minimum absolute atomic E-state index is 0.356. The van der Waals surface area contributed by atoms with Gasteiger partial charge in [0.2, 0.25) is 0 Å². The Kier molecular flexibility index (Phi) is 6.01. The first kappa shape index (κ1) is 14.9. The average molecular weight is 268 g/mol. The van der Waals surface area contributed by atoms with Gasteiger partial charge in [0, 0.05) is 22.9 Å². The molecule has 0 bridgehead atoms. The Hall–Kier alpha value is -1.20. The van der Waals surface area contributed by atoms with Crippen molar-refractivity contribution in [3.05, 3.63) is 23.8 Å². The van der Waals surface area contributed by atoms with E-state index in [1.165, 1.54) is 0 Å². The smallest absolute Gasteiger partial charge is 0.340 e. The lowest BCUT2D eigenvalue weighted by Crippen LogP contribution is -2.14. The molecule has 2 N–H and O–H groups in total. The van der Waals surface area contributed by atoms with Gasteiger partial charge in [-0.1, -0.05) is 0 Å². The van der Waals surface area contributed by atoms with E-state index in [1.54, 1.807) is 30.8 Å². The van der Waals surface area contributed by atoms with Crippen molar-refractivity contribution in [2.75, 3.05) is 38.7 Å². The molecule has 5 heteroatoms. The molecule has 0 unspecified atom stereocenters. The molecule has 1 aromatic carbocycles. The number of nitrogens with two attached hydrogens (primary N) is 1. The van der Waals surface area contributed by atoms with Crippen LogP contribution in [0.15, 0.2) is 23.1 Å². The first-order valence-corrected chi connectivity index (χ1v) is 6.87. The van der Waals surface area contributed by atoms with Crippen LogP contribution in [-0.2, 0) is 4.74 Å². The molecule has 0 saturated carbocycles. The monoisotopic (exact) mass is 268 g/mol. The van der Waals surface area contributed by atoms with Crippen molar-refractivity contribution in [2.24, 2.45) is 0 Å². The summed E-state index contributed by atoms with van der Waals surface area (Å²) in [6.45, 7) is 3.13. The molecule has 1 aromatic rings. The lowest BCUT2D eigenvalue weighted by Gasteiger charge is -2.10. The van der Waals surface area contributed by atoms with Crippen LogP contribution in [0.5, 0.6) is 0 Å². The highest BCUT2D eigenvalue weighted by molar-refractivity contribution is 7.99. The number of nitrogens with zero attached hydrogens (tertiary/aromatic N) is 1. The first-order chi connectivity index (χ1) is 8.54. The summed E-state index contributed by atoms with van der Waals surface area (Å²) in [6, 6.07) is 5.48. The maximum absolute atomic E-state index is 11.7. The zero-order chi connectivity index (χ0) is 13.5.